The van der Waals surface area contributed by atoms with E-state index < -0.39 is 45.3 Å². The lowest BCUT2D eigenvalue weighted by atomic mass is 10.00. The van der Waals surface area contributed by atoms with Crippen LogP contribution < -0.4 is 14.4 Å². The van der Waals surface area contributed by atoms with Crippen LogP contribution in [0.3, 0.4) is 0 Å². The summed E-state index contributed by atoms with van der Waals surface area (Å²) < 4.78 is 81.7. The molecular weight excluding hydrogens is 585 g/mol. The van der Waals surface area contributed by atoms with Crippen molar-refractivity contribution in [3.63, 3.8) is 0 Å². The average Bonchev–Trinajstić information content (AvgIpc) is 3.50. The third-order valence-corrected chi connectivity index (χ3v) is 8.55. The monoisotopic (exact) mass is 612 g/mol. The number of methoxy groups -OCH3 is 1. The van der Waals surface area contributed by atoms with Crippen molar-refractivity contribution in [3.05, 3.63) is 60.3 Å². The number of sulfonamides is 1. The maximum Gasteiger partial charge on any atom is 0.232 e. The number of anilines is 2. The molecule has 2 N–H and O–H groups in total. The second-order valence-corrected chi connectivity index (χ2v) is 11.8. The molecule has 0 saturated carbocycles. The Hall–Kier alpha value is -4.43. The number of rotatable bonds is 9. The van der Waals surface area contributed by atoms with Crippen molar-refractivity contribution in [2.75, 3.05) is 55.5 Å². The topological polar surface area (TPSA) is 122 Å². The van der Waals surface area contributed by atoms with Crippen LogP contribution in [0.2, 0.25) is 0 Å². The number of aromatic amines is 1. The first kappa shape index (κ1) is 28.7. The summed E-state index contributed by atoms with van der Waals surface area (Å²) in [4.78, 5) is 11.8. The number of fused-ring (bicyclic) bond motifs is 2. The Bertz CT molecular complexity index is 1930. The van der Waals surface area contributed by atoms with E-state index in [0.717, 1.165) is 28.6 Å². The van der Waals surface area contributed by atoms with E-state index in [9.17, 15) is 12.8 Å². The van der Waals surface area contributed by atoms with Gasteiger partial charge in [0.25, 0.3) is 0 Å². The van der Waals surface area contributed by atoms with Gasteiger partial charge in [0, 0.05) is 29.4 Å². The summed E-state index contributed by atoms with van der Waals surface area (Å²) in [7, 11) is -2.64. The minimum Gasteiger partial charge on any atom is -0.494 e. The fourth-order valence-electron chi connectivity index (χ4n) is 5.14. The molecule has 1 fully saturated rings. The van der Waals surface area contributed by atoms with Gasteiger partial charge >= 0.3 is 0 Å². The molecule has 0 atom stereocenters. The van der Waals surface area contributed by atoms with Gasteiger partial charge in [0.1, 0.15) is 22.9 Å². The molecule has 1 saturated heterocycles. The fourth-order valence-corrected chi connectivity index (χ4v) is 6.23. The minimum absolute atomic E-state index is 0.0898. The van der Waals surface area contributed by atoms with Gasteiger partial charge in [-0.3, -0.25) is 14.2 Å². The maximum absolute atomic E-state index is 15.8. The number of alkyl halides is 1. The SMILES string of the molecule is COc1cc(-c2c(F)ccc(NS(=O)(=O)CCCF)c2F)cc2c(N3CCOCC3)nc(-c3cccc4[nH]ncc34)nc12. The van der Waals surface area contributed by atoms with E-state index in [0.29, 0.717) is 48.8 Å². The van der Waals surface area contributed by atoms with E-state index in [4.69, 9.17) is 19.4 Å². The predicted octanol–water partition coefficient (Wildman–Crippen LogP) is 5.06. The van der Waals surface area contributed by atoms with E-state index in [2.05, 4.69) is 14.9 Å². The van der Waals surface area contributed by atoms with Gasteiger partial charge in [-0.15, -0.1) is 0 Å². The van der Waals surface area contributed by atoms with Crippen LogP contribution in [0.1, 0.15) is 6.42 Å². The molecule has 2 aromatic heterocycles. The van der Waals surface area contributed by atoms with Crippen molar-refractivity contribution >= 4 is 43.3 Å². The molecule has 0 aliphatic carbocycles. The van der Waals surface area contributed by atoms with Crippen molar-refractivity contribution in [1.29, 1.82) is 0 Å². The van der Waals surface area contributed by atoms with Gasteiger partial charge in [-0.25, -0.2) is 27.2 Å². The molecule has 1 aliphatic rings. The number of ether oxygens (including phenoxy) is 2. The molecule has 0 spiro atoms. The summed E-state index contributed by atoms with van der Waals surface area (Å²) in [5, 5.41) is 8.38. The zero-order valence-corrected chi connectivity index (χ0v) is 23.8. The molecule has 0 radical (unpaired) electrons. The smallest absolute Gasteiger partial charge is 0.232 e. The van der Waals surface area contributed by atoms with E-state index in [1.54, 1.807) is 12.3 Å². The third-order valence-electron chi connectivity index (χ3n) is 7.19. The third kappa shape index (κ3) is 5.55. The van der Waals surface area contributed by atoms with Crippen molar-refractivity contribution in [1.82, 2.24) is 20.2 Å². The van der Waals surface area contributed by atoms with Gasteiger partial charge in [-0.1, -0.05) is 12.1 Å². The van der Waals surface area contributed by atoms with Crippen LogP contribution in [-0.2, 0) is 14.8 Å². The highest BCUT2D eigenvalue weighted by atomic mass is 32.2. The zero-order valence-electron chi connectivity index (χ0n) is 23.0. The van der Waals surface area contributed by atoms with Crippen molar-refractivity contribution in [2.45, 2.75) is 6.42 Å². The number of hydrogen-bond donors (Lipinski definition) is 2. The van der Waals surface area contributed by atoms with Crippen molar-refractivity contribution in [2.24, 2.45) is 0 Å². The summed E-state index contributed by atoms with van der Waals surface area (Å²) in [6, 6.07) is 10.6. The number of benzene rings is 3. The zero-order chi connectivity index (χ0) is 30.1. The first-order valence-electron chi connectivity index (χ1n) is 13.5. The van der Waals surface area contributed by atoms with Crippen LogP contribution in [0.15, 0.2) is 48.7 Å². The summed E-state index contributed by atoms with van der Waals surface area (Å²) in [5.41, 5.74) is 1.13. The number of nitrogens with zero attached hydrogens (tertiary/aromatic N) is 4. The Morgan fingerprint density at radius 1 is 1.09 bits per heavy atom. The predicted molar refractivity (Wildman–Crippen MR) is 158 cm³/mol. The van der Waals surface area contributed by atoms with Crippen molar-refractivity contribution in [3.8, 4) is 28.3 Å². The Balaban J connectivity index is 1.55. The van der Waals surface area contributed by atoms with Crippen LogP contribution in [0, 0.1) is 11.6 Å². The number of aromatic nitrogens is 4. The lowest BCUT2D eigenvalue weighted by molar-refractivity contribution is 0.122. The second-order valence-electron chi connectivity index (χ2n) is 9.93. The molecule has 3 aromatic carbocycles. The highest BCUT2D eigenvalue weighted by molar-refractivity contribution is 7.92. The van der Waals surface area contributed by atoms with Gasteiger partial charge < -0.3 is 14.4 Å². The standard InChI is InChI=1S/C29H27F3N6O4S/c1-41-24-15-17(25-21(31)6-7-23(26(25)32)37-43(39,40)13-3-8-30)14-19-27(24)34-28(35-29(19)38-9-11-42-12-10-38)18-4-2-5-22-20(18)16-33-36-22/h2,4-7,14-16,37H,3,8-13H2,1H3,(H,33,36). The Morgan fingerprint density at radius 2 is 1.91 bits per heavy atom. The highest BCUT2D eigenvalue weighted by Gasteiger charge is 2.25. The molecule has 6 rings (SSSR count). The summed E-state index contributed by atoms with van der Waals surface area (Å²) in [5.74, 6) is -1.42. The molecule has 3 heterocycles. The largest absolute Gasteiger partial charge is 0.494 e. The number of H-pyrrole nitrogens is 1. The van der Waals surface area contributed by atoms with Gasteiger partial charge in [0.15, 0.2) is 11.6 Å². The van der Waals surface area contributed by atoms with E-state index in [1.165, 1.54) is 13.2 Å². The second kappa shape index (κ2) is 11.7. The lowest BCUT2D eigenvalue weighted by Crippen LogP contribution is -2.37. The first-order chi connectivity index (χ1) is 20.8. The van der Waals surface area contributed by atoms with Gasteiger partial charge in [-0.2, -0.15) is 5.10 Å². The summed E-state index contributed by atoms with van der Waals surface area (Å²) in [6.07, 6.45) is 1.44. The van der Waals surface area contributed by atoms with E-state index >= 15 is 8.78 Å². The van der Waals surface area contributed by atoms with E-state index in [-0.39, 0.29) is 17.7 Å². The number of halogens is 3. The molecule has 0 amide bonds. The number of hydrogen-bond acceptors (Lipinski definition) is 8. The molecule has 14 heteroatoms. The van der Waals surface area contributed by atoms with Crippen LogP contribution in [0.5, 0.6) is 5.75 Å². The van der Waals surface area contributed by atoms with Gasteiger partial charge in [0.2, 0.25) is 10.0 Å². The van der Waals surface area contributed by atoms with Crippen LogP contribution >= 0.6 is 0 Å². The van der Waals surface area contributed by atoms with Crippen molar-refractivity contribution < 1.29 is 31.1 Å². The number of nitrogens with one attached hydrogen (secondary N) is 2. The quantitative estimate of drug-likeness (QED) is 0.237. The molecule has 1 aliphatic heterocycles. The summed E-state index contributed by atoms with van der Waals surface area (Å²) >= 11 is 0. The molecule has 0 bridgehead atoms. The average molecular weight is 613 g/mol. The van der Waals surface area contributed by atoms with Gasteiger partial charge in [-0.05, 0) is 42.3 Å². The normalized spacial score (nSPS) is 14.0. The Labute approximate surface area is 244 Å². The summed E-state index contributed by atoms with van der Waals surface area (Å²) in [6.45, 7) is 1.12. The van der Waals surface area contributed by atoms with E-state index in [1.807, 2.05) is 23.1 Å². The maximum atomic E-state index is 15.8. The highest BCUT2D eigenvalue weighted by Crippen LogP contribution is 2.40. The fraction of sp³-hybridized carbons (Fsp3) is 0.276. The molecule has 43 heavy (non-hydrogen) atoms. The Kier molecular flexibility index (Phi) is 7.79. The molecule has 10 nitrogen and oxygen atoms in total. The van der Waals surface area contributed by atoms with Gasteiger partial charge in [0.05, 0.1) is 55.7 Å². The first-order valence-corrected chi connectivity index (χ1v) is 15.1. The Morgan fingerprint density at radius 3 is 2.67 bits per heavy atom. The lowest BCUT2D eigenvalue weighted by Gasteiger charge is -2.29. The van der Waals surface area contributed by atoms with Crippen LogP contribution in [0.25, 0.3) is 44.3 Å². The molecule has 5 aromatic rings. The van der Waals surface area contributed by atoms with Crippen LogP contribution in [0.4, 0.5) is 24.7 Å². The van der Waals surface area contributed by atoms with Crippen LogP contribution in [-0.4, -0.2) is 74.4 Å². The molecule has 224 valence electrons. The molecular formula is C29H27F3N6O4S. The molecule has 0 unspecified atom stereocenters. The minimum atomic E-state index is -4.06. The number of morpholine rings is 1.